The first kappa shape index (κ1) is 8.91. The minimum absolute atomic E-state index is 0.0129. The molecule has 0 unspecified atom stereocenters. The molecule has 0 saturated heterocycles. The van der Waals surface area contributed by atoms with E-state index in [0.717, 1.165) is 0 Å². The third kappa shape index (κ3) is 1.89. The third-order valence-electron chi connectivity index (χ3n) is 1.33. The molecule has 0 fully saturated rings. The normalized spacial score (nSPS) is 8.31. The first-order valence-electron chi connectivity index (χ1n) is 3.45. The van der Waals surface area contributed by atoms with E-state index < -0.39 is 0 Å². The van der Waals surface area contributed by atoms with Crippen molar-refractivity contribution in [3.8, 4) is 11.9 Å². The summed E-state index contributed by atoms with van der Waals surface area (Å²) >= 11 is 0. The SMILES string of the molecule is COc1ccc[n+](C(=C=N)C#N)n1. The van der Waals surface area contributed by atoms with E-state index in [1.165, 1.54) is 11.8 Å². The Morgan fingerprint density at radius 3 is 3.08 bits per heavy atom. The molecule has 13 heavy (non-hydrogen) atoms. The highest BCUT2D eigenvalue weighted by molar-refractivity contribution is 5.80. The maximum atomic E-state index is 8.57. The Morgan fingerprint density at radius 2 is 2.54 bits per heavy atom. The van der Waals surface area contributed by atoms with Crippen LogP contribution < -0.4 is 9.42 Å². The number of aromatic nitrogens is 2. The second-order valence-electron chi connectivity index (χ2n) is 2.08. The molecule has 0 aromatic carbocycles. The van der Waals surface area contributed by atoms with Gasteiger partial charge in [-0.2, -0.15) is 5.26 Å². The highest BCUT2D eigenvalue weighted by Crippen LogP contribution is 1.98. The molecule has 0 aliphatic heterocycles. The molecule has 0 bridgehead atoms. The fourth-order valence-corrected chi connectivity index (χ4v) is 0.750. The summed E-state index contributed by atoms with van der Waals surface area (Å²) in [6, 6.07) is 5.10. The lowest BCUT2D eigenvalue weighted by molar-refractivity contribution is -0.642. The van der Waals surface area contributed by atoms with Crippen molar-refractivity contribution in [1.82, 2.24) is 5.10 Å². The van der Waals surface area contributed by atoms with Crippen LogP contribution in [0, 0.1) is 16.7 Å². The molecular weight excluding hydrogens is 168 g/mol. The topological polar surface area (TPSA) is 73.6 Å². The van der Waals surface area contributed by atoms with Crippen molar-refractivity contribution in [2.75, 3.05) is 7.11 Å². The molecule has 0 radical (unpaired) electrons. The molecular formula is C8H7N4O+. The van der Waals surface area contributed by atoms with Gasteiger partial charge in [0.15, 0.2) is 6.07 Å². The van der Waals surface area contributed by atoms with Gasteiger partial charge in [-0.15, -0.1) is 0 Å². The van der Waals surface area contributed by atoms with Crippen LogP contribution in [0.15, 0.2) is 18.3 Å². The van der Waals surface area contributed by atoms with Crippen molar-refractivity contribution in [1.29, 1.82) is 10.7 Å². The second-order valence-corrected chi connectivity index (χ2v) is 2.08. The van der Waals surface area contributed by atoms with Crippen molar-refractivity contribution in [2.24, 2.45) is 0 Å². The van der Waals surface area contributed by atoms with Crippen molar-refractivity contribution in [2.45, 2.75) is 0 Å². The van der Waals surface area contributed by atoms with Gasteiger partial charge in [0.25, 0.3) is 5.88 Å². The van der Waals surface area contributed by atoms with Crippen LogP contribution in [0.4, 0.5) is 0 Å². The average molecular weight is 175 g/mol. The van der Waals surface area contributed by atoms with E-state index in [4.69, 9.17) is 15.4 Å². The molecule has 1 aromatic rings. The summed E-state index contributed by atoms with van der Waals surface area (Å²) in [5.41, 5.74) is 0.0129. The molecule has 1 N–H and O–H groups in total. The lowest BCUT2D eigenvalue weighted by Crippen LogP contribution is -2.36. The van der Waals surface area contributed by atoms with Gasteiger partial charge >= 0.3 is 5.70 Å². The van der Waals surface area contributed by atoms with Crippen LogP contribution in [0.2, 0.25) is 0 Å². The van der Waals surface area contributed by atoms with Crippen LogP contribution in [-0.2, 0) is 0 Å². The Labute approximate surface area is 75.0 Å². The van der Waals surface area contributed by atoms with Gasteiger partial charge in [0.05, 0.1) is 13.0 Å². The van der Waals surface area contributed by atoms with E-state index in [1.54, 1.807) is 24.4 Å². The zero-order chi connectivity index (χ0) is 9.68. The molecule has 0 amide bonds. The number of ether oxygens (including phenoxy) is 1. The second kappa shape index (κ2) is 4.00. The van der Waals surface area contributed by atoms with Gasteiger partial charge in [-0.3, -0.25) is 5.41 Å². The number of nitriles is 1. The Hall–Kier alpha value is -2.18. The van der Waals surface area contributed by atoms with Crippen LogP contribution in [-0.4, -0.2) is 18.1 Å². The number of nitrogens with zero attached hydrogens (tertiary/aromatic N) is 3. The van der Waals surface area contributed by atoms with Crippen LogP contribution in [0.25, 0.3) is 5.70 Å². The lowest BCUT2D eigenvalue weighted by atomic mass is 10.5. The minimum Gasteiger partial charge on any atom is -0.477 e. The lowest BCUT2D eigenvalue weighted by Gasteiger charge is -1.92. The molecule has 64 valence electrons. The Kier molecular flexibility index (Phi) is 2.74. The minimum atomic E-state index is 0.0129. The van der Waals surface area contributed by atoms with Crippen molar-refractivity contribution >= 4 is 11.6 Å². The van der Waals surface area contributed by atoms with Gasteiger partial charge in [-0.25, -0.2) is 0 Å². The van der Waals surface area contributed by atoms with E-state index in [9.17, 15) is 0 Å². The standard InChI is InChI=1S/C8H7N4O/c1-13-8-3-2-4-12(11-8)7(5-9)6-10/h2-4,9H,1H3/q+1. The number of rotatable bonds is 2. The van der Waals surface area contributed by atoms with E-state index >= 15 is 0 Å². The molecule has 1 heterocycles. The van der Waals surface area contributed by atoms with Crippen LogP contribution in [0.3, 0.4) is 0 Å². The maximum Gasteiger partial charge on any atom is 0.376 e. The fourth-order valence-electron chi connectivity index (χ4n) is 0.750. The molecule has 0 aliphatic carbocycles. The molecule has 0 saturated carbocycles. The summed E-state index contributed by atoms with van der Waals surface area (Å²) in [6.07, 6.45) is 1.54. The quantitative estimate of drug-likeness (QED) is 0.390. The summed E-state index contributed by atoms with van der Waals surface area (Å²) in [6.45, 7) is 0. The van der Waals surface area contributed by atoms with E-state index in [-0.39, 0.29) is 5.70 Å². The number of allylic oxidation sites excluding steroid dienone is 1. The Bertz CT molecular complexity index is 401. The molecule has 0 aliphatic rings. The van der Waals surface area contributed by atoms with Gasteiger partial charge < -0.3 is 4.74 Å². The van der Waals surface area contributed by atoms with Gasteiger partial charge in [0.2, 0.25) is 6.20 Å². The van der Waals surface area contributed by atoms with E-state index in [2.05, 4.69) is 5.10 Å². The van der Waals surface area contributed by atoms with Crippen molar-refractivity contribution in [3.63, 3.8) is 0 Å². The van der Waals surface area contributed by atoms with Gasteiger partial charge in [-0.1, -0.05) is 0 Å². The van der Waals surface area contributed by atoms with Crippen LogP contribution >= 0.6 is 0 Å². The van der Waals surface area contributed by atoms with Gasteiger partial charge in [0, 0.05) is 17.2 Å². The van der Waals surface area contributed by atoms with Gasteiger partial charge in [0.1, 0.15) is 0 Å². The predicted octanol–water partition coefficient (Wildman–Crippen LogP) is -0.00935. The summed E-state index contributed by atoms with van der Waals surface area (Å²) in [7, 11) is 1.48. The number of methoxy groups -OCH3 is 1. The molecule has 0 spiro atoms. The zero-order valence-corrected chi connectivity index (χ0v) is 6.98. The highest BCUT2D eigenvalue weighted by Gasteiger charge is 2.11. The Morgan fingerprint density at radius 1 is 1.77 bits per heavy atom. The highest BCUT2D eigenvalue weighted by atomic mass is 16.5. The number of nitrogens with one attached hydrogen (secondary N) is 1. The summed E-state index contributed by atoms with van der Waals surface area (Å²) < 4.78 is 6.08. The van der Waals surface area contributed by atoms with E-state index in [1.807, 2.05) is 5.87 Å². The Balaban J connectivity index is 3.17. The van der Waals surface area contributed by atoms with Gasteiger partial charge in [-0.05, 0) is 4.68 Å². The zero-order valence-electron chi connectivity index (χ0n) is 6.98. The average Bonchev–Trinajstić information content (AvgIpc) is 2.20. The number of hydrogen-bond acceptors (Lipinski definition) is 4. The monoisotopic (exact) mass is 175 g/mol. The van der Waals surface area contributed by atoms with Crippen LogP contribution in [0.1, 0.15) is 0 Å². The first-order valence-corrected chi connectivity index (χ1v) is 3.45. The summed E-state index contributed by atoms with van der Waals surface area (Å²) in [5, 5.41) is 19.3. The van der Waals surface area contributed by atoms with E-state index in [0.29, 0.717) is 5.88 Å². The predicted molar refractivity (Wildman–Crippen MR) is 44.0 cm³/mol. The molecule has 5 heteroatoms. The molecule has 0 atom stereocenters. The largest absolute Gasteiger partial charge is 0.477 e. The molecule has 1 rings (SSSR count). The van der Waals surface area contributed by atoms with Crippen molar-refractivity contribution < 1.29 is 9.42 Å². The molecule has 5 nitrogen and oxygen atoms in total. The summed E-state index contributed by atoms with van der Waals surface area (Å²) in [4.78, 5) is 0. The molecule has 1 aromatic heterocycles. The summed E-state index contributed by atoms with van der Waals surface area (Å²) in [5.74, 6) is 2.35. The smallest absolute Gasteiger partial charge is 0.376 e. The van der Waals surface area contributed by atoms with Crippen LogP contribution in [0.5, 0.6) is 5.88 Å². The third-order valence-corrected chi connectivity index (χ3v) is 1.33. The number of hydrogen-bond donors (Lipinski definition) is 1. The fraction of sp³-hybridized carbons (Fsp3) is 0.125. The maximum absolute atomic E-state index is 8.57. The first-order chi connectivity index (χ1) is 6.31. The van der Waals surface area contributed by atoms with Crippen molar-refractivity contribution in [3.05, 3.63) is 18.3 Å².